The third-order valence-electron chi connectivity index (χ3n) is 4.73. The van der Waals surface area contributed by atoms with Gasteiger partial charge in [0.05, 0.1) is 0 Å². The number of allylic oxidation sites excluding steroid dienone is 3. The molecule has 16 heavy (non-hydrogen) atoms. The van der Waals surface area contributed by atoms with Gasteiger partial charge in [-0.15, -0.1) is 0 Å². The van der Waals surface area contributed by atoms with Gasteiger partial charge < -0.3 is 10.2 Å². The monoisotopic (exact) mass is 218 g/mol. The minimum Gasteiger partial charge on any atom is -0.386 e. The molecule has 3 rings (SSSR count). The lowest BCUT2D eigenvalue weighted by Gasteiger charge is -2.44. The standard InChI is InChI=1S/C14H18O2/c1-8-6-10-9(2)14(4-5-14)13(3,16)12(15)11(10)7-8/h6-7,12,15-16H,4-5H2,1-3H3. The van der Waals surface area contributed by atoms with E-state index in [1.54, 1.807) is 6.92 Å². The molecule has 3 aliphatic rings. The van der Waals surface area contributed by atoms with Gasteiger partial charge in [0.1, 0.15) is 11.7 Å². The Hall–Kier alpha value is -0.860. The molecule has 0 aromatic heterocycles. The summed E-state index contributed by atoms with van der Waals surface area (Å²) in [7, 11) is 0. The lowest BCUT2D eigenvalue weighted by atomic mass is 9.67. The van der Waals surface area contributed by atoms with Crippen LogP contribution in [0, 0.1) is 5.41 Å². The molecule has 1 spiro atoms. The summed E-state index contributed by atoms with van der Waals surface area (Å²) in [6.07, 6.45) is 5.36. The molecule has 1 fully saturated rings. The summed E-state index contributed by atoms with van der Waals surface area (Å²) in [6.45, 7) is 5.91. The maximum atomic E-state index is 10.6. The first-order valence-electron chi connectivity index (χ1n) is 5.92. The maximum absolute atomic E-state index is 10.6. The second kappa shape index (κ2) is 2.69. The van der Waals surface area contributed by atoms with Crippen molar-refractivity contribution in [2.45, 2.75) is 45.3 Å². The lowest BCUT2D eigenvalue weighted by molar-refractivity contribution is -0.0886. The van der Waals surface area contributed by atoms with E-state index in [9.17, 15) is 10.2 Å². The van der Waals surface area contributed by atoms with Gasteiger partial charge in [-0.3, -0.25) is 0 Å². The van der Waals surface area contributed by atoms with Crippen LogP contribution in [0.2, 0.25) is 0 Å². The molecule has 2 nitrogen and oxygen atoms in total. The predicted molar refractivity (Wildman–Crippen MR) is 62.8 cm³/mol. The number of fused-ring (bicyclic) bond motifs is 1. The minimum atomic E-state index is -1.01. The van der Waals surface area contributed by atoms with Crippen molar-refractivity contribution < 1.29 is 10.2 Å². The molecule has 2 heteroatoms. The summed E-state index contributed by atoms with van der Waals surface area (Å²) in [5.41, 5.74) is 3.31. The average molecular weight is 218 g/mol. The Morgan fingerprint density at radius 2 is 1.88 bits per heavy atom. The second-order valence-corrected chi connectivity index (χ2v) is 5.66. The van der Waals surface area contributed by atoms with Gasteiger partial charge in [-0.2, -0.15) is 0 Å². The van der Waals surface area contributed by atoms with Crippen molar-refractivity contribution in [3.8, 4) is 0 Å². The van der Waals surface area contributed by atoms with Crippen molar-refractivity contribution in [2.75, 3.05) is 0 Å². The zero-order chi connectivity index (χ0) is 11.7. The van der Waals surface area contributed by atoms with Crippen molar-refractivity contribution in [1.29, 1.82) is 0 Å². The molecular formula is C14H18O2. The average Bonchev–Trinajstić information content (AvgIpc) is 2.94. The molecule has 2 N–H and O–H groups in total. The number of aliphatic hydroxyl groups excluding tert-OH is 1. The quantitative estimate of drug-likeness (QED) is 0.653. The van der Waals surface area contributed by atoms with Crippen LogP contribution in [0.25, 0.3) is 0 Å². The van der Waals surface area contributed by atoms with Crippen molar-refractivity contribution >= 4 is 0 Å². The molecule has 0 heterocycles. The van der Waals surface area contributed by atoms with E-state index in [-0.39, 0.29) is 5.41 Å². The van der Waals surface area contributed by atoms with Crippen molar-refractivity contribution in [2.24, 2.45) is 5.41 Å². The summed E-state index contributed by atoms with van der Waals surface area (Å²) in [5.74, 6) is 0. The van der Waals surface area contributed by atoms with E-state index in [0.717, 1.165) is 29.6 Å². The van der Waals surface area contributed by atoms with Gasteiger partial charge in [-0.25, -0.2) is 0 Å². The highest BCUT2D eigenvalue weighted by Gasteiger charge is 2.64. The smallest absolute Gasteiger partial charge is 0.109 e. The summed E-state index contributed by atoms with van der Waals surface area (Å²) in [4.78, 5) is 0. The third kappa shape index (κ3) is 0.950. The largest absolute Gasteiger partial charge is 0.386 e. The van der Waals surface area contributed by atoms with E-state index in [1.807, 2.05) is 13.0 Å². The van der Waals surface area contributed by atoms with Crippen LogP contribution in [0.3, 0.4) is 0 Å². The SMILES string of the molecule is CC1=CC2=C(C)C3(CC3)C(C)(O)C(O)C2=C1. The minimum absolute atomic E-state index is 0.166. The van der Waals surface area contributed by atoms with Crippen LogP contribution in [0.1, 0.15) is 33.6 Å². The highest BCUT2D eigenvalue weighted by Crippen LogP contribution is 2.65. The molecule has 0 saturated heterocycles. The predicted octanol–water partition coefficient (Wildman–Crippen LogP) is 2.09. The van der Waals surface area contributed by atoms with Crippen LogP contribution >= 0.6 is 0 Å². The molecule has 86 valence electrons. The van der Waals surface area contributed by atoms with Crippen LogP contribution in [0.4, 0.5) is 0 Å². The molecule has 0 radical (unpaired) electrons. The number of rotatable bonds is 0. The van der Waals surface area contributed by atoms with Gasteiger partial charge >= 0.3 is 0 Å². The van der Waals surface area contributed by atoms with Gasteiger partial charge in [0.25, 0.3) is 0 Å². The molecular weight excluding hydrogens is 200 g/mol. The highest BCUT2D eigenvalue weighted by atomic mass is 16.3. The number of hydrogen-bond donors (Lipinski definition) is 2. The summed E-state index contributed by atoms with van der Waals surface area (Å²) in [5, 5.41) is 20.9. The fraction of sp³-hybridized carbons (Fsp3) is 0.571. The molecule has 0 bridgehead atoms. The fourth-order valence-electron chi connectivity index (χ4n) is 3.43. The second-order valence-electron chi connectivity index (χ2n) is 5.66. The van der Waals surface area contributed by atoms with Crippen LogP contribution in [-0.2, 0) is 0 Å². The Balaban J connectivity index is 2.24. The van der Waals surface area contributed by atoms with Gasteiger partial charge in [-0.05, 0) is 44.8 Å². The Kier molecular flexibility index (Phi) is 1.73. The van der Waals surface area contributed by atoms with Crippen LogP contribution in [0.5, 0.6) is 0 Å². The van der Waals surface area contributed by atoms with Crippen molar-refractivity contribution in [1.82, 2.24) is 0 Å². The normalized spacial score (nSPS) is 39.7. The van der Waals surface area contributed by atoms with Crippen molar-refractivity contribution in [3.05, 3.63) is 34.4 Å². The maximum Gasteiger partial charge on any atom is 0.109 e. The van der Waals surface area contributed by atoms with E-state index in [4.69, 9.17) is 0 Å². The van der Waals surface area contributed by atoms with E-state index in [0.29, 0.717) is 0 Å². The van der Waals surface area contributed by atoms with E-state index in [2.05, 4.69) is 13.0 Å². The van der Waals surface area contributed by atoms with Gasteiger partial charge in [0.15, 0.2) is 0 Å². The first kappa shape index (κ1) is 10.3. The van der Waals surface area contributed by atoms with Crippen molar-refractivity contribution in [3.63, 3.8) is 0 Å². The number of hydrogen-bond acceptors (Lipinski definition) is 2. The lowest BCUT2D eigenvalue weighted by Crippen LogP contribution is -2.52. The Morgan fingerprint density at radius 1 is 1.25 bits per heavy atom. The van der Waals surface area contributed by atoms with Crippen LogP contribution in [0.15, 0.2) is 34.4 Å². The Morgan fingerprint density at radius 3 is 2.44 bits per heavy atom. The molecule has 0 aromatic carbocycles. The van der Waals surface area contributed by atoms with E-state index in [1.165, 1.54) is 5.57 Å². The van der Waals surface area contributed by atoms with Crippen LogP contribution < -0.4 is 0 Å². The molecule has 2 atom stereocenters. The Bertz CT molecular complexity index is 459. The zero-order valence-corrected chi connectivity index (χ0v) is 10.0. The number of aliphatic hydroxyl groups is 2. The molecule has 0 aliphatic heterocycles. The first-order valence-corrected chi connectivity index (χ1v) is 5.92. The highest BCUT2D eigenvalue weighted by molar-refractivity contribution is 5.61. The third-order valence-corrected chi connectivity index (χ3v) is 4.73. The van der Waals surface area contributed by atoms with Gasteiger partial charge in [0, 0.05) is 5.41 Å². The molecule has 1 saturated carbocycles. The Labute approximate surface area is 96.0 Å². The van der Waals surface area contributed by atoms with Gasteiger partial charge in [0.2, 0.25) is 0 Å². The molecule has 0 amide bonds. The first-order chi connectivity index (χ1) is 7.40. The molecule has 0 aromatic rings. The topological polar surface area (TPSA) is 40.5 Å². The summed E-state index contributed by atoms with van der Waals surface area (Å²) < 4.78 is 0. The molecule has 2 unspecified atom stereocenters. The fourth-order valence-corrected chi connectivity index (χ4v) is 3.43. The van der Waals surface area contributed by atoms with E-state index < -0.39 is 11.7 Å². The van der Waals surface area contributed by atoms with Gasteiger partial charge in [-0.1, -0.05) is 23.3 Å². The summed E-state index contributed by atoms with van der Waals surface area (Å²) in [6, 6.07) is 0. The molecule has 3 aliphatic carbocycles. The zero-order valence-electron chi connectivity index (χ0n) is 10.0. The van der Waals surface area contributed by atoms with Crippen LogP contribution in [-0.4, -0.2) is 21.9 Å². The van der Waals surface area contributed by atoms with E-state index >= 15 is 0 Å². The summed E-state index contributed by atoms with van der Waals surface area (Å²) >= 11 is 0.